The maximum Gasteiger partial charge on any atom is 0.243 e. The molecular formula is C25H37N3O3S. The Kier molecular flexibility index (Phi) is 6.96. The number of nitrogens with zero attached hydrogens (tertiary/aromatic N) is 2. The molecule has 1 aliphatic carbocycles. The number of carbonyl (C=O) groups is 1. The number of carbonyl (C=O) groups excluding carboxylic acids is 1. The zero-order valence-corrected chi connectivity index (χ0v) is 20.4. The average Bonchev–Trinajstić information content (AvgIpc) is 3.18. The van der Waals surface area contributed by atoms with Gasteiger partial charge in [-0.1, -0.05) is 33.6 Å². The van der Waals surface area contributed by atoms with Crippen molar-refractivity contribution in [2.75, 3.05) is 13.1 Å². The SMILES string of the molecule is CC1CCN(S(=O)(=O)c2ccc3c(ccn3CCC(=O)N[C@@H]3CCC[C@@H](C)[C@@H]3C)c2)CC1. The lowest BCUT2D eigenvalue weighted by atomic mass is 9.78. The van der Waals surface area contributed by atoms with Crippen LogP contribution in [-0.2, 0) is 21.4 Å². The average molecular weight is 460 g/mol. The Morgan fingerprint density at radius 2 is 1.81 bits per heavy atom. The Hall–Kier alpha value is -1.86. The molecule has 1 aliphatic heterocycles. The molecule has 0 radical (unpaired) electrons. The molecule has 6 nitrogen and oxygen atoms in total. The highest BCUT2D eigenvalue weighted by Crippen LogP contribution is 2.30. The zero-order chi connectivity index (χ0) is 22.9. The second-order valence-electron chi connectivity index (χ2n) is 10.0. The molecule has 1 saturated heterocycles. The van der Waals surface area contributed by atoms with Crippen molar-refractivity contribution in [1.82, 2.24) is 14.2 Å². The van der Waals surface area contributed by atoms with Crippen LogP contribution in [0.25, 0.3) is 10.9 Å². The monoisotopic (exact) mass is 459 g/mol. The summed E-state index contributed by atoms with van der Waals surface area (Å²) in [6, 6.07) is 7.56. The third-order valence-electron chi connectivity index (χ3n) is 7.76. The van der Waals surface area contributed by atoms with Gasteiger partial charge in [-0.3, -0.25) is 4.79 Å². The van der Waals surface area contributed by atoms with Gasteiger partial charge < -0.3 is 9.88 Å². The van der Waals surface area contributed by atoms with Crippen LogP contribution in [0.15, 0.2) is 35.4 Å². The summed E-state index contributed by atoms with van der Waals surface area (Å²) < 4.78 is 29.8. The number of amides is 1. The van der Waals surface area contributed by atoms with E-state index in [0.29, 0.717) is 48.7 Å². The summed E-state index contributed by atoms with van der Waals surface area (Å²) >= 11 is 0. The number of sulfonamides is 1. The van der Waals surface area contributed by atoms with Crippen molar-refractivity contribution >= 4 is 26.8 Å². The van der Waals surface area contributed by atoms with Gasteiger partial charge in [0.05, 0.1) is 4.90 Å². The van der Waals surface area contributed by atoms with Gasteiger partial charge in [-0.2, -0.15) is 4.31 Å². The van der Waals surface area contributed by atoms with Crippen molar-refractivity contribution in [3.05, 3.63) is 30.5 Å². The molecule has 2 fully saturated rings. The summed E-state index contributed by atoms with van der Waals surface area (Å²) in [6.07, 6.45) is 7.70. The molecule has 176 valence electrons. The molecule has 0 bridgehead atoms. The minimum atomic E-state index is -3.46. The predicted molar refractivity (Wildman–Crippen MR) is 128 cm³/mol. The lowest BCUT2D eigenvalue weighted by Gasteiger charge is -2.34. The van der Waals surface area contributed by atoms with Crippen molar-refractivity contribution < 1.29 is 13.2 Å². The van der Waals surface area contributed by atoms with E-state index in [9.17, 15) is 13.2 Å². The van der Waals surface area contributed by atoms with Crippen molar-refractivity contribution in [3.63, 3.8) is 0 Å². The molecule has 2 heterocycles. The van der Waals surface area contributed by atoms with Crippen LogP contribution in [0.4, 0.5) is 0 Å². The first-order valence-corrected chi connectivity index (χ1v) is 13.6. The molecule has 32 heavy (non-hydrogen) atoms. The van der Waals surface area contributed by atoms with E-state index < -0.39 is 10.0 Å². The first-order valence-electron chi connectivity index (χ1n) is 12.1. The lowest BCUT2D eigenvalue weighted by Crippen LogP contribution is -2.43. The minimum Gasteiger partial charge on any atom is -0.353 e. The summed E-state index contributed by atoms with van der Waals surface area (Å²) in [5.74, 6) is 1.85. The van der Waals surface area contributed by atoms with Crippen LogP contribution in [0.5, 0.6) is 0 Å². The summed E-state index contributed by atoms with van der Waals surface area (Å²) in [7, 11) is -3.46. The van der Waals surface area contributed by atoms with Gasteiger partial charge >= 0.3 is 0 Å². The Balaban J connectivity index is 1.40. The van der Waals surface area contributed by atoms with Gasteiger partial charge in [-0.25, -0.2) is 8.42 Å². The molecule has 0 spiro atoms. The number of benzene rings is 1. The molecule has 2 aliphatic rings. The van der Waals surface area contributed by atoms with Crippen LogP contribution in [0.1, 0.15) is 59.3 Å². The Morgan fingerprint density at radius 1 is 1.06 bits per heavy atom. The van der Waals surface area contributed by atoms with Gasteiger partial charge in [-0.05, 0) is 61.3 Å². The molecule has 1 saturated carbocycles. The second kappa shape index (κ2) is 9.56. The van der Waals surface area contributed by atoms with Crippen molar-refractivity contribution in [2.24, 2.45) is 17.8 Å². The smallest absolute Gasteiger partial charge is 0.243 e. The van der Waals surface area contributed by atoms with Gasteiger partial charge in [0.15, 0.2) is 0 Å². The van der Waals surface area contributed by atoms with E-state index in [1.807, 2.05) is 22.9 Å². The largest absolute Gasteiger partial charge is 0.353 e. The fourth-order valence-electron chi connectivity index (χ4n) is 5.19. The van der Waals surface area contributed by atoms with Crippen molar-refractivity contribution in [2.45, 2.75) is 76.8 Å². The van der Waals surface area contributed by atoms with Gasteiger partial charge in [0.2, 0.25) is 15.9 Å². The Labute approximate surface area is 192 Å². The van der Waals surface area contributed by atoms with Gasteiger partial charge in [0.1, 0.15) is 0 Å². The maximum atomic E-state index is 13.1. The highest BCUT2D eigenvalue weighted by molar-refractivity contribution is 7.89. The van der Waals surface area contributed by atoms with E-state index in [1.165, 1.54) is 12.8 Å². The van der Waals surface area contributed by atoms with Crippen molar-refractivity contribution in [1.29, 1.82) is 0 Å². The molecule has 1 amide bonds. The number of aromatic nitrogens is 1. The second-order valence-corrected chi connectivity index (χ2v) is 11.9. The van der Waals surface area contributed by atoms with Gasteiger partial charge in [0, 0.05) is 49.2 Å². The summed E-state index contributed by atoms with van der Waals surface area (Å²) in [6.45, 7) is 8.46. The van der Waals surface area contributed by atoms with Crippen molar-refractivity contribution in [3.8, 4) is 0 Å². The summed E-state index contributed by atoms with van der Waals surface area (Å²) in [5, 5.41) is 4.14. The van der Waals surface area contributed by atoms with Crippen LogP contribution in [-0.4, -0.2) is 42.3 Å². The van der Waals surface area contributed by atoms with E-state index in [4.69, 9.17) is 0 Å². The van der Waals surface area contributed by atoms with Crippen LogP contribution in [0, 0.1) is 17.8 Å². The number of aryl methyl sites for hydroxylation is 1. The van der Waals surface area contributed by atoms with E-state index in [2.05, 4.69) is 26.1 Å². The number of hydrogen-bond donors (Lipinski definition) is 1. The quantitative estimate of drug-likeness (QED) is 0.696. The summed E-state index contributed by atoms with van der Waals surface area (Å²) in [5.41, 5.74) is 0.962. The number of rotatable bonds is 6. The van der Waals surface area contributed by atoms with E-state index in [1.54, 1.807) is 16.4 Å². The zero-order valence-electron chi connectivity index (χ0n) is 19.6. The molecule has 3 atom stereocenters. The standard InChI is InChI=1S/C25H37N3O3S/c1-18-9-15-28(16-10-18)32(30,31)22-7-8-24-21(17-22)11-13-27(24)14-12-25(29)26-23-6-4-5-19(2)20(23)3/h7-8,11,13,17-20,23H,4-6,9-10,12,14-16H2,1-3H3,(H,26,29)/t19-,20+,23-/m1/s1. The first kappa shape index (κ1) is 23.3. The molecule has 4 rings (SSSR count). The topological polar surface area (TPSA) is 71.4 Å². The fourth-order valence-corrected chi connectivity index (χ4v) is 6.70. The molecular weight excluding hydrogens is 422 g/mol. The number of nitrogens with one attached hydrogen (secondary N) is 1. The molecule has 1 N–H and O–H groups in total. The van der Waals surface area contributed by atoms with E-state index in [-0.39, 0.29) is 11.9 Å². The molecule has 1 aromatic carbocycles. The molecule has 2 aromatic rings. The molecule has 7 heteroatoms. The fraction of sp³-hybridized carbons (Fsp3) is 0.640. The third kappa shape index (κ3) is 4.88. The van der Waals surface area contributed by atoms with Crippen LogP contribution in [0.2, 0.25) is 0 Å². The van der Waals surface area contributed by atoms with Crippen LogP contribution >= 0.6 is 0 Å². The number of piperidine rings is 1. The van der Waals surface area contributed by atoms with Crippen LogP contribution in [0.3, 0.4) is 0 Å². The van der Waals surface area contributed by atoms with Crippen LogP contribution < -0.4 is 5.32 Å². The number of fused-ring (bicyclic) bond motifs is 1. The highest BCUT2D eigenvalue weighted by Gasteiger charge is 2.29. The predicted octanol–water partition coefficient (Wildman–Crippen LogP) is 4.39. The number of hydrogen-bond acceptors (Lipinski definition) is 3. The third-order valence-corrected chi connectivity index (χ3v) is 9.65. The Bertz CT molecular complexity index is 1050. The van der Waals surface area contributed by atoms with E-state index in [0.717, 1.165) is 30.2 Å². The lowest BCUT2D eigenvalue weighted by molar-refractivity contribution is -0.122. The van der Waals surface area contributed by atoms with E-state index >= 15 is 0 Å². The normalized spacial score (nSPS) is 25.8. The highest BCUT2D eigenvalue weighted by atomic mass is 32.2. The summed E-state index contributed by atoms with van der Waals surface area (Å²) in [4.78, 5) is 12.9. The van der Waals surface area contributed by atoms with Gasteiger partial charge in [-0.15, -0.1) is 0 Å². The maximum absolute atomic E-state index is 13.1. The Morgan fingerprint density at radius 3 is 2.56 bits per heavy atom. The molecule has 1 aromatic heterocycles. The minimum absolute atomic E-state index is 0.0938. The first-order chi connectivity index (χ1) is 15.3. The molecule has 0 unspecified atom stereocenters. The van der Waals surface area contributed by atoms with Gasteiger partial charge in [0.25, 0.3) is 0 Å².